The van der Waals surface area contributed by atoms with Crippen molar-refractivity contribution in [2.75, 3.05) is 17.1 Å². The van der Waals surface area contributed by atoms with Gasteiger partial charge in [0.15, 0.2) is 0 Å². The molecule has 0 aliphatic heterocycles. The highest BCUT2D eigenvalue weighted by Gasteiger charge is 2.27. The number of hydrogen-bond donors (Lipinski definition) is 1. The Bertz CT molecular complexity index is 1160. The van der Waals surface area contributed by atoms with Crippen molar-refractivity contribution >= 4 is 27.5 Å². The minimum Gasteiger partial charge on any atom is -0.352 e. The van der Waals surface area contributed by atoms with Gasteiger partial charge in [-0.2, -0.15) is 0 Å². The summed E-state index contributed by atoms with van der Waals surface area (Å²) in [7, 11) is -3.53. The average Bonchev–Trinajstić information content (AvgIpc) is 2.81. The summed E-state index contributed by atoms with van der Waals surface area (Å²) < 4.78 is 26.5. The van der Waals surface area contributed by atoms with Gasteiger partial charge in [-0.05, 0) is 75.8 Å². The summed E-state index contributed by atoms with van der Waals surface area (Å²) in [5.41, 5.74) is 4.47. The van der Waals surface area contributed by atoms with Gasteiger partial charge in [-0.1, -0.05) is 43.3 Å². The second kappa shape index (κ2) is 12.9. The maximum atomic E-state index is 13.4. The number of carbonyl (C=O) groups is 2. The minimum absolute atomic E-state index is 0.0104. The Balaban J connectivity index is 2.22. The zero-order valence-electron chi connectivity index (χ0n) is 22.7. The lowest BCUT2D eigenvalue weighted by Crippen LogP contribution is -2.49. The summed E-state index contributed by atoms with van der Waals surface area (Å²) in [5.74, 6) is -0.376. The smallest absolute Gasteiger partial charge is 0.242 e. The Morgan fingerprint density at radius 1 is 1.00 bits per heavy atom. The molecule has 0 aliphatic rings. The monoisotopic (exact) mass is 515 g/mol. The molecule has 0 heterocycles. The van der Waals surface area contributed by atoms with Gasteiger partial charge in [-0.15, -0.1) is 0 Å². The van der Waals surface area contributed by atoms with E-state index in [1.165, 1.54) is 10.6 Å². The highest BCUT2D eigenvalue weighted by molar-refractivity contribution is 7.92. The van der Waals surface area contributed by atoms with Gasteiger partial charge in [-0.25, -0.2) is 8.42 Å². The maximum Gasteiger partial charge on any atom is 0.242 e. The molecule has 0 spiro atoms. The number of aryl methyl sites for hydroxylation is 3. The molecule has 2 aromatic carbocycles. The number of nitrogens with one attached hydrogen (secondary N) is 1. The van der Waals surface area contributed by atoms with Crippen molar-refractivity contribution in [2.45, 2.75) is 79.4 Å². The van der Waals surface area contributed by atoms with E-state index in [1.807, 2.05) is 77.1 Å². The van der Waals surface area contributed by atoms with Crippen molar-refractivity contribution in [3.05, 3.63) is 64.7 Å². The molecule has 8 heteroatoms. The van der Waals surface area contributed by atoms with E-state index in [9.17, 15) is 18.0 Å². The van der Waals surface area contributed by atoms with E-state index in [2.05, 4.69) is 5.32 Å². The summed E-state index contributed by atoms with van der Waals surface area (Å²) in [6.45, 7) is 11.9. The van der Waals surface area contributed by atoms with Crippen molar-refractivity contribution < 1.29 is 18.0 Å². The quantitative estimate of drug-likeness (QED) is 0.451. The van der Waals surface area contributed by atoms with Crippen LogP contribution in [-0.4, -0.2) is 50.0 Å². The molecule has 36 heavy (non-hydrogen) atoms. The van der Waals surface area contributed by atoms with Crippen molar-refractivity contribution in [1.82, 2.24) is 10.2 Å². The summed E-state index contributed by atoms with van der Waals surface area (Å²) in [6, 6.07) is 12.8. The molecule has 2 atom stereocenters. The highest BCUT2D eigenvalue weighted by Crippen LogP contribution is 2.25. The van der Waals surface area contributed by atoms with Crippen molar-refractivity contribution in [1.29, 1.82) is 0 Å². The van der Waals surface area contributed by atoms with E-state index >= 15 is 0 Å². The van der Waals surface area contributed by atoms with Gasteiger partial charge in [0.2, 0.25) is 21.8 Å². The Hall–Kier alpha value is -2.87. The van der Waals surface area contributed by atoms with Crippen LogP contribution < -0.4 is 9.62 Å². The van der Waals surface area contributed by atoms with E-state index < -0.39 is 16.1 Å². The number of amides is 2. The van der Waals surface area contributed by atoms with Gasteiger partial charge in [0.25, 0.3) is 0 Å². The van der Waals surface area contributed by atoms with Gasteiger partial charge >= 0.3 is 0 Å². The first-order chi connectivity index (χ1) is 16.8. The predicted molar refractivity (Wildman–Crippen MR) is 146 cm³/mol. The van der Waals surface area contributed by atoms with Crippen LogP contribution in [-0.2, 0) is 26.2 Å². The van der Waals surface area contributed by atoms with E-state index in [-0.39, 0.29) is 30.8 Å². The minimum atomic E-state index is -3.53. The van der Waals surface area contributed by atoms with Crippen LogP contribution in [0.25, 0.3) is 0 Å². The Morgan fingerprint density at radius 3 is 2.28 bits per heavy atom. The van der Waals surface area contributed by atoms with Crippen LogP contribution in [0.1, 0.15) is 62.3 Å². The number of rotatable bonds is 12. The Labute approximate surface area is 216 Å². The van der Waals surface area contributed by atoms with Crippen LogP contribution in [0.4, 0.5) is 5.69 Å². The zero-order chi connectivity index (χ0) is 27.0. The lowest BCUT2D eigenvalue weighted by molar-refractivity contribution is -0.140. The molecule has 198 valence electrons. The topological polar surface area (TPSA) is 86.8 Å². The summed E-state index contributed by atoms with van der Waals surface area (Å²) >= 11 is 0. The molecule has 0 radical (unpaired) electrons. The highest BCUT2D eigenvalue weighted by atomic mass is 32.2. The van der Waals surface area contributed by atoms with Crippen LogP contribution in [0.15, 0.2) is 42.5 Å². The molecule has 0 fully saturated rings. The third-order valence-corrected chi connectivity index (χ3v) is 7.74. The summed E-state index contributed by atoms with van der Waals surface area (Å²) in [6.07, 6.45) is 2.44. The zero-order valence-corrected chi connectivity index (χ0v) is 23.5. The Morgan fingerprint density at radius 2 is 1.67 bits per heavy atom. The van der Waals surface area contributed by atoms with Gasteiger partial charge in [0, 0.05) is 25.6 Å². The Kier molecular flexibility index (Phi) is 10.5. The van der Waals surface area contributed by atoms with Gasteiger partial charge < -0.3 is 10.2 Å². The number of hydrogen-bond acceptors (Lipinski definition) is 4. The lowest BCUT2D eigenvalue weighted by Gasteiger charge is -2.30. The summed E-state index contributed by atoms with van der Waals surface area (Å²) in [5, 5.41) is 2.97. The molecule has 7 nitrogen and oxygen atoms in total. The maximum absolute atomic E-state index is 13.4. The molecule has 2 aromatic rings. The molecule has 0 aliphatic carbocycles. The van der Waals surface area contributed by atoms with E-state index in [0.29, 0.717) is 18.7 Å². The van der Waals surface area contributed by atoms with Crippen LogP contribution in [0, 0.1) is 20.8 Å². The number of sulfonamides is 1. The standard InChI is InChI=1S/C28H41N3O4S/c1-8-23(5)29-28(33)24(6)30(19-25-13-10-9-12-21(25)3)27(32)14-11-17-31(36(7,34)35)26-18-20(2)15-16-22(26)4/h9-10,12-13,15-16,18,23-24H,8,11,14,17,19H2,1-7H3,(H,29,33)/t23-,24-/m1/s1. The lowest BCUT2D eigenvalue weighted by atomic mass is 10.1. The fourth-order valence-corrected chi connectivity index (χ4v) is 5.00. The SMILES string of the molecule is CC[C@@H](C)NC(=O)[C@@H](C)N(Cc1ccccc1C)C(=O)CCCN(c1cc(C)ccc1C)S(C)(=O)=O. The molecule has 0 saturated heterocycles. The first kappa shape index (κ1) is 29.4. The van der Waals surface area contributed by atoms with Crippen LogP contribution >= 0.6 is 0 Å². The van der Waals surface area contributed by atoms with Gasteiger partial charge in [0.1, 0.15) is 6.04 Å². The molecule has 1 N–H and O–H groups in total. The number of anilines is 1. The fourth-order valence-electron chi connectivity index (χ4n) is 3.99. The van der Waals surface area contributed by atoms with Gasteiger partial charge in [-0.3, -0.25) is 13.9 Å². The number of benzene rings is 2. The summed E-state index contributed by atoms with van der Waals surface area (Å²) in [4.78, 5) is 27.9. The number of nitrogens with zero attached hydrogens (tertiary/aromatic N) is 2. The number of carbonyl (C=O) groups excluding carboxylic acids is 2. The molecule has 0 saturated carbocycles. The molecule has 0 unspecified atom stereocenters. The predicted octanol–water partition coefficient (Wildman–Crippen LogP) is 4.49. The third-order valence-electron chi connectivity index (χ3n) is 6.56. The molecular formula is C28H41N3O4S. The third kappa shape index (κ3) is 8.08. The van der Waals surface area contributed by atoms with Crippen LogP contribution in [0.5, 0.6) is 0 Å². The second-order valence-electron chi connectivity index (χ2n) is 9.67. The average molecular weight is 516 g/mol. The fraction of sp³-hybridized carbons (Fsp3) is 0.500. The first-order valence-electron chi connectivity index (χ1n) is 12.5. The van der Waals surface area contributed by atoms with Crippen LogP contribution in [0.2, 0.25) is 0 Å². The van der Waals surface area contributed by atoms with E-state index in [0.717, 1.165) is 28.7 Å². The van der Waals surface area contributed by atoms with Crippen molar-refractivity contribution in [3.63, 3.8) is 0 Å². The van der Waals surface area contributed by atoms with E-state index in [1.54, 1.807) is 11.8 Å². The molecular weight excluding hydrogens is 474 g/mol. The first-order valence-corrected chi connectivity index (χ1v) is 14.4. The normalized spacial score (nSPS) is 13.1. The molecule has 2 rings (SSSR count). The molecule has 0 bridgehead atoms. The largest absolute Gasteiger partial charge is 0.352 e. The van der Waals surface area contributed by atoms with Crippen molar-refractivity contribution in [3.8, 4) is 0 Å². The molecule has 0 aromatic heterocycles. The van der Waals surface area contributed by atoms with E-state index in [4.69, 9.17) is 0 Å². The second-order valence-corrected chi connectivity index (χ2v) is 11.6. The molecule has 2 amide bonds. The van der Waals surface area contributed by atoms with Crippen LogP contribution in [0.3, 0.4) is 0 Å². The van der Waals surface area contributed by atoms with Gasteiger partial charge in [0.05, 0.1) is 11.9 Å². The van der Waals surface area contributed by atoms with Crippen molar-refractivity contribution in [2.24, 2.45) is 0 Å².